The average molecular weight is 433 g/mol. The van der Waals surface area contributed by atoms with Crippen molar-refractivity contribution in [3.05, 3.63) is 63.9 Å². The first-order valence-electron chi connectivity index (χ1n) is 8.10. The second kappa shape index (κ2) is 8.91. The van der Waals surface area contributed by atoms with Gasteiger partial charge in [-0.05, 0) is 42.3 Å². The topological polar surface area (TPSA) is 66.5 Å². The molecule has 27 heavy (non-hydrogen) atoms. The number of benzene rings is 2. The molecule has 0 saturated heterocycles. The molecule has 0 spiro atoms. The Morgan fingerprint density at radius 1 is 1.19 bits per heavy atom. The van der Waals surface area contributed by atoms with Gasteiger partial charge in [-0.25, -0.2) is 12.8 Å². The van der Waals surface area contributed by atoms with Gasteiger partial charge in [-0.15, -0.1) is 0 Å². The van der Waals surface area contributed by atoms with E-state index in [0.717, 1.165) is 10.6 Å². The third-order valence-electron chi connectivity index (χ3n) is 3.86. The molecular weight excluding hydrogens is 414 g/mol. The standard InChI is InChI=1S/C18H19Cl2FN2O3S/c1-3-16(18(24)22-11-12-4-7-14(21)8-5-12)23(27(2,25)26)17-10-13(19)6-9-15(17)20/h4-10,16H,3,11H2,1-2H3,(H,22,24)/t16-/m0/s1. The molecule has 9 heteroatoms. The van der Waals surface area contributed by atoms with E-state index in [1.54, 1.807) is 19.1 Å². The minimum absolute atomic E-state index is 0.135. The Balaban J connectivity index is 2.30. The number of carbonyl (C=O) groups excluding carboxylic acids is 1. The molecule has 0 aromatic heterocycles. The first-order chi connectivity index (χ1) is 12.6. The molecular formula is C18H19Cl2FN2O3S. The van der Waals surface area contributed by atoms with Gasteiger partial charge in [-0.2, -0.15) is 0 Å². The van der Waals surface area contributed by atoms with Gasteiger partial charge in [0.15, 0.2) is 0 Å². The summed E-state index contributed by atoms with van der Waals surface area (Å²) >= 11 is 12.1. The Bertz CT molecular complexity index is 921. The first-order valence-corrected chi connectivity index (χ1v) is 10.7. The van der Waals surface area contributed by atoms with Crippen LogP contribution in [0.2, 0.25) is 10.0 Å². The van der Waals surface area contributed by atoms with E-state index in [4.69, 9.17) is 23.2 Å². The number of anilines is 1. The summed E-state index contributed by atoms with van der Waals surface area (Å²) in [6, 6.07) is 9.04. The SMILES string of the molecule is CC[C@@H](C(=O)NCc1ccc(F)cc1)N(c1cc(Cl)ccc1Cl)S(C)(=O)=O. The quantitative estimate of drug-likeness (QED) is 0.718. The van der Waals surface area contributed by atoms with Crippen molar-refractivity contribution in [1.82, 2.24) is 5.32 Å². The highest BCUT2D eigenvalue weighted by atomic mass is 35.5. The van der Waals surface area contributed by atoms with Crippen LogP contribution in [0.5, 0.6) is 0 Å². The number of sulfonamides is 1. The fraction of sp³-hybridized carbons (Fsp3) is 0.278. The Labute approximate surface area is 168 Å². The Kier molecular flexibility index (Phi) is 7.08. The van der Waals surface area contributed by atoms with Crippen molar-refractivity contribution in [2.45, 2.75) is 25.9 Å². The van der Waals surface area contributed by atoms with Crippen molar-refractivity contribution in [2.24, 2.45) is 0 Å². The van der Waals surface area contributed by atoms with Crippen LogP contribution >= 0.6 is 23.2 Å². The molecule has 0 fully saturated rings. The highest BCUT2D eigenvalue weighted by Gasteiger charge is 2.32. The van der Waals surface area contributed by atoms with E-state index in [1.807, 2.05) is 0 Å². The van der Waals surface area contributed by atoms with Crippen molar-refractivity contribution < 1.29 is 17.6 Å². The predicted octanol–water partition coefficient (Wildman–Crippen LogP) is 3.99. The average Bonchev–Trinajstić information content (AvgIpc) is 2.60. The first kappa shape index (κ1) is 21.5. The lowest BCUT2D eigenvalue weighted by Crippen LogP contribution is -2.49. The van der Waals surface area contributed by atoms with E-state index in [-0.39, 0.29) is 29.5 Å². The summed E-state index contributed by atoms with van der Waals surface area (Å²) in [5.41, 5.74) is 0.821. The Morgan fingerprint density at radius 2 is 1.81 bits per heavy atom. The van der Waals surface area contributed by atoms with Gasteiger partial charge in [0.2, 0.25) is 15.9 Å². The number of hydrogen-bond acceptors (Lipinski definition) is 3. The molecule has 2 rings (SSSR count). The van der Waals surface area contributed by atoms with Gasteiger partial charge in [-0.1, -0.05) is 42.3 Å². The molecule has 2 aromatic rings. The van der Waals surface area contributed by atoms with E-state index < -0.39 is 22.0 Å². The fourth-order valence-electron chi connectivity index (χ4n) is 2.60. The van der Waals surface area contributed by atoms with Crippen LogP contribution in [0, 0.1) is 5.82 Å². The van der Waals surface area contributed by atoms with E-state index in [1.165, 1.54) is 30.3 Å². The van der Waals surface area contributed by atoms with Gasteiger partial charge in [0.1, 0.15) is 11.9 Å². The summed E-state index contributed by atoms with van der Waals surface area (Å²) in [6.07, 6.45) is 1.21. The molecule has 2 aromatic carbocycles. The van der Waals surface area contributed by atoms with E-state index >= 15 is 0 Å². The Morgan fingerprint density at radius 3 is 2.37 bits per heavy atom. The van der Waals surface area contributed by atoms with Crippen LogP contribution in [0.15, 0.2) is 42.5 Å². The summed E-state index contributed by atoms with van der Waals surface area (Å²) in [4.78, 5) is 12.7. The van der Waals surface area contributed by atoms with Crippen LogP contribution in [-0.2, 0) is 21.4 Å². The summed E-state index contributed by atoms with van der Waals surface area (Å²) in [6.45, 7) is 1.83. The zero-order valence-electron chi connectivity index (χ0n) is 14.7. The number of rotatable bonds is 7. The molecule has 1 atom stereocenters. The molecule has 146 valence electrons. The fourth-order valence-corrected chi connectivity index (χ4v) is 4.24. The molecule has 0 unspecified atom stereocenters. The normalized spacial score (nSPS) is 12.5. The number of nitrogens with one attached hydrogen (secondary N) is 1. The van der Waals surface area contributed by atoms with Crippen LogP contribution in [0.3, 0.4) is 0 Å². The number of hydrogen-bond donors (Lipinski definition) is 1. The van der Waals surface area contributed by atoms with Crippen molar-refractivity contribution in [1.29, 1.82) is 0 Å². The maximum absolute atomic E-state index is 13.0. The highest BCUT2D eigenvalue weighted by Crippen LogP contribution is 2.32. The summed E-state index contributed by atoms with van der Waals surface area (Å²) in [7, 11) is -3.82. The maximum Gasteiger partial charge on any atom is 0.244 e. The largest absolute Gasteiger partial charge is 0.350 e. The van der Waals surface area contributed by atoms with Crippen LogP contribution in [0.1, 0.15) is 18.9 Å². The third-order valence-corrected chi connectivity index (χ3v) is 5.58. The lowest BCUT2D eigenvalue weighted by molar-refractivity contribution is -0.122. The Hall–Kier alpha value is -1.83. The van der Waals surface area contributed by atoms with Crippen molar-refractivity contribution >= 4 is 44.8 Å². The van der Waals surface area contributed by atoms with Crippen LogP contribution in [-0.4, -0.2) is 26.6 Å². The number of carbonyl (C=O) groups is 1. The van der Waals surface area contributed by atoms with Crippen molar-refractivity contribution in [2.75, 3.05) is 10.6 Å². The predicted molar refractivity (Wildman–Crippen MR) is 106 cm³/mol. The van der Waals surface area contributed by atoms with Gasteiger partial charge in [-0.3, -0.25) is 9.10 Å². The molecule has 5 nitrogen and oxygen atoms in total. The number of amides is 1. The van der Waals surface area contributed by atoms with Crippen molar-refractivity contribution in [3.63, 3.8) is 0 Å². The lowest BCUT2D eigenvalue weighted by atomic mass is 10.1. The molecule has 0 heterocycles. The van der Waals surface area contributed by atoms with Crippen LogP contribution in [0.4, 0.5) is 10.1 Å². The minimum atomic E-state index is -3.82. The summed E-state index contributed by atoms with van der Waals surface area (Å²) in [5.74, 6) is -0.876. The molecule has 0 aliphatic heterocycles. The minimum Gasteiger partial charge on any atom is -0.350 e. The van der Waals surface area contributed by atoms with E-state index in [0.29, 0.717) is 10.6 Å². The molecule has 0 aliphatic rings. The molecule has 0 bridgehead atoms. The third kappa shape index (κ3) is 5.57. The number of nitrogens with zero attached hydrogens (tertiary/aromatic N) is 1. The molecule has 1 amide bonds. The molecule has 0 saturated carbocycles. The molecule has 0 aliphatic carbocycles. The second-order valence-corrected chi connectivity index (χ2v) is 8.63. The van der Waals surface area contributed by atoms with Crippen LogP contribution < -0.4 is 9.62 Å². The zero-order valence-corrected chi connectivity index (χ0v) is 17.1. The molecule has 1 N–H and O–H groups in total. The van der Waals surface area contributed by atoms with Crippen LogP contribution in [0.25, 0.3) is 0 Å². The van der Waals surface area contributed by atoms with E-state index in [2.05, 4.69) is 5.32 Å². The monoisotopic (exact) mass is 432 g/mol. The van der Waals surface area contributed by atoms with Gasteiger partial charge < -0.3 is 5.32 Å². The van der Waals surface area contributed by atoms with Gasteiger partial charge >= 0.3 is 0 Å². The lowest BCUT2D eigenvalue weighted by Gasteiger charge is -2.30. The summed E-state index contributed by atoms with van der Waals surface area (Å²) < 4.78 is 38.8. The molecule has 0 radical (unpaired) electrons. The summed E-state index contributed by atoms with van der Waals surface area (Å²) in [5, 5.41) is 3.14. The number of halogens is 3. The smallest absolute Gasteiger partial charge is 0.244 e. The van der Waals surface area contributed by atoms with Gasteiger partial charge in [0, 0.05) is 11.6 Å². The highest BCUT2D eigenvalue weighted by molar-refractivity contribution is 7.92. The van der Waals surface area contributed by atoms with E-state index in [9.17, 15) is 17.6 Å². The van der Waals surface area contributed by atoms with Crippen molar-refractivity contribution in [3.8, 4) is 0 Å². The zero-order chi connectivity index (χ0) is 20.2. The van der Waals surface area contributed by atoms with Gasteiger partial charge in [0.25, 0.3) is 0 Å². The van der Waals surface area contributed by atoms with Gasteiger partial charge in [0.05, 0.1) is 17.0 Å². The second-order valence-electron chi connectivity index (χ2n) is 5.92. The maximum atomic E-state index is 13.0.